The van der Waals surface area contributed by atoms with E-state index in [4.69, 9.17) is 5.73 Å². The fraction of sp³-hybridized carbons (Fsp3) is 0.364. The smallest absolute Gasteiger partial charge is 0.256 e. The molecule has 0 radical (unpaired) electrons. The van der Waals surface area contributed by atoms with Crippen molar-refractivity contribution in [3.63, 3.8) is 0 Å². The maximum Gasteiger partial charge on any atom is 0.256 e. The van der Waals surface area contributed by atoms with Crippen molar-refractivity contribution in [1.29, 1.82) is 0 Å². The van der Waals surface area contributed by atoms with Crippen LogP contribution in [0.5, 0.6) is 0 Å². The molecule has 2 aromatic rings. The van der Waals surface area contributed by atoms with Crippen molar-refractivity contribution in [2.75, 3.05) is 18.1 Å². The zero-order chi connectivity index (χ0) is 19.4. The number of anilines is 2. The number of carbonyl (C=O) groups excluding carboxylic acids is 2. The Morgan fingerprint density at radius 3 is 2.32 bits per heavy atom. The average Bonchev–Trinajstić information content (AvgIpc) is 2.70. The van der Waals surface area contributed by atoms with Crippen molar-refractivity contribution in [2.45, 2.75) is 45.1 Å². The van der Waals surface area contributed by atoms with Gasteiger partial charge in [-0.1, -0.05) is 25.3 Å². The van der Waals surface area contributed by atoms with Crippen molar-refractivity contribution in [2.24, 2.45) is 0 Å². The van der Waals surface area contributed by atoms with E-state index in [0.29, 0.717) is 28.5 Å². The Morgan fingerprint density at radius 1 is 1.04 bits per heavy atom. The van der Waals surface area contributed by atoms with E-state index in [1.54, 1.807) is 36.4 Å². The van der Waals surface area contributed by atoms with Gasteiger partial charge in [0.1, 0.15) is 0 Å². The summed E-state index contributed by atoms with van der Waals surface area (Å²) in [4.78, 5) is 27.0. The van der Waals surface area contributed by atoms with Gasteiger partial charge in [-0.05, 0) is 61.7 Å². The van der Waals surface area contributed by atoms with Gasteiger partial charge in [0.25, 0.3) is 11.8 Å². The Balaban J connectivity index is 0.00000280. The summed E-state index contributed by atoms with van der Waals surface area (Å²) in [7, 11) is 1.89. The Bertz CT molecular complexity index is 830. The highest BCUT2D eigenvalue weighted by atomic mass is 35.5. The summed E-state index contributed by atoms with van der Waals surface area (Å²) >= 11 is 0. The number of amides is 2. The van der Waals surface area contributed by atoms with Crippen molar-refractivity contribution in [3.05, 3.63) is 59.2 Å². The molecule has 0 saturated heterocycles. The lowest BCUT2D eigenvalue weighted by molar-refractivity contribution is 0.0696. The first-order valence-corrected chi connectivity index (χ1v) is 9.50. The SMILES string of the molecule is Cc1ccc(N)cc1C(=O)Nc1ccc(C(=O)N(C)C2CCCCC2)cc1.Cl. The van der Waals surface area contributed by atoms with Gasteiger partial charge < -0.3 is 16.0 Å². The van der Waals surface area contributed by atoms with Crippen molar-refractivity contribution in [3.8, 4) is 0 Å². The minimum Gasteiger partial charge on any atom is -0.399 e. The van der Waals surface area contributed by atoms with Gasteiger partial charge in [0.15, 0.2) is 0 Å². The van der Waals surface area contributed by atoms with Crippen LogP contribution in [-0.2, 0) is 0 Å². The van der Waals surface area contributed by atoms with E-state index in [-0.39, 0.29) is 24.2 Å². The fourth-order valence-electron chi connectivity index (χ4n) is 3.62. The molecule has 1 aliphatic rings. The zero-order valence-electron chi connectivity index (χ0n) is 16.4. The Hall–Kier alpha value is -2.53. The molecule has 0 bridgehead atoms. The number of nitrogens with two attached hydrogens (primary N) is 1. The van der Waals surface area contributed by atoms with Crippen molar-refractivity contribution < 1.29 is 9.59 Å². The van der Waals surface area contributed by atoms with E-state index in [2.05, 4.69) is 5.32 Å². The number of nitrogen functional groups attached to an aromatic ring is 1. The summed E-state index contributed by atoms with van der Waals surface area (Å²) in [6, 6.07) is 12.7. The van der Waals surface area contributed by atoms with Gasteiger partial charge in [0.05, 0.1) is 0 Å². The van der Waals surface area contributed by atoms with Gasteiger partial charge in [-0.15, -0.1) is 12.4 Å². The third-order valence-electron chi connectivity index (χ3n) is 5.34. The van der Waals surface area contributed by atoms with Gasteiger partial charge in [0, 0.05) is 35.6 Å². The van der Waals surface area contributed by atoms with Crippen LogP contribution in [0.2, 0.25) is 0 Å². The van der Waals surface area contributed by atoms with E-state index in [0.717, 1.165) is 18.4 Å². The van der Waals surface area contributed by atoms with Crippen LogP contribution in [0.4, 0.5) is 11.4 Å². The normalized spacial score (nSPS) is 14.1. The van der Waals surface area contributed by atoms with Gasteiger partial charge in [-0.2, -0.15) is 0 Å². The number of carbonyl (C=O) groups is 2. The summed E-state index contributed by atoms with van der Waals surface area (Å²) in [5.41, 5.74) is 9.04. The monoisotopic (exact) mass is 401 g/mol. The molecule has 2 amide bonds. The first-order chi connectivity index (χ1) is 13.0. The molecule has 6 heteroatoms. The number of halogens is 1. The predicted molar refractivity (Wildman–Crippen MR) is 116 cm³/mol. The molecule has 0 atom stereocenters. The number of hydrogen-bond acceptors (Lipinski definition) is 3. The van der Waals surface area contributed by atoms with Crippen LogP contribution in [-0.4, -0.2) is 29.8 Å². The van der Waals surface area contributed by atoms with E-state index >= 15 is 0 Å². The Kier molecular flexibility index (Phi) is 7.46. The first-order valence-electron chi connectivity index (χ1n) is 9.50. The number of rotatable bonds is 4. The van der Waals surface area contributed by atoms with Crippen molar-refractivity contribution in [1.82, 2.24) is 4.90 Å². The molecule has 0 unspecified atom stereocenters. The number of hydrogen-bond donors (Lipinski definition) is 2. The standard InChI is InChI=1S/C22H27N3O2.ClH/c1-15-8-11-17(23)14-20(15)21(26)24-18-12-9-16(10-13-18)22(27)25(2)19-6-4-3-5-7-19;/h8-14,19H,3-7,23H2,1-2H3,(H,24,26);1H. The minimum atomic E-state index is -0.210. The molecule has 3 rings (SSSR count). The molecule has 0 spiro atoms. The predicted octanol–water partition coefficient (Wildman–Crippen LogP) is 4.66. The number of nitrogens with one attached hydrogen (secondary N) is 1. The van der Waals surface area contributed by atoms with E-state index in [1.165, 1.54) is 19.3 Å². The lowest BCUT2D eigenvalue weighted by Gasteiger charge is -2.31. The topological polar surface area (TPSA) is 75.4 Å². The number of aryl methyl sites for hydroxylation is 1. The molecule has 5 nitrogen and oxygen atoms in total. The third-order valence-corrected chi connectivity index (χ3v) is 5.34. The number of nitrogens with zero attached hydrogens (tertiary/aromatic N) is 1. The highest BCUT2D eigenvalue weighted by molar-refractivity contribution is 6.06. The van der Waals surface area contributed by atoms with Gasteiger partial charge >= 0.3 is 0 Å². The molecule has 3 N–H and O–H groups in total. The molecule has 28 heavy (non-hydrogen) atoms. The molecule has 0 heterocycles. The van der Waals surface area contributed by atoms with Crippen molar-refractivity contribution >= 4 is 35.6 Å². The summed E-state index contributed by atoms with van der Waals surface area (Å²) < 4.78 is 0. The maximum atomic E-state index is 12.7. The van der Waals surface area contributed by atoms with Crippen LogP contribution in [0.3, 0.4) is 0 Å². The Morgan fingerprint density at radius 2 is 1.68 bits per heavy atom. The summed E-state index contributed by atoms with van der Waals surface area (Å²) in [6.45, 7) is 1.87. The van der Waals surface area contributed by atoms with Gasteiger partial charge in [-0.3, -0.25) is 9.59 Å². The molecular formula is C22H28ClN3O2. The molecule has 2 aromatic carbocycles. The lowest BCUT2D eigenvalue weighted by atomic mass is 9.94. The zero-order valence-corrected chi connectivity index (χ0v) is 17.2. The van der Waals surface area contributed by atoms with E-state index in [9.17, 15) is 9.59 Å². The fourth-order valence-corrected chi connectivity index (χ4v) is 3.62. The highest BCUT2D eigenvalue weighted by Gasteiger charge is 2.23. The van der Waals surface area contributed by atoms with E-state index < -0.39 is 0 Å². The highest BCUT2D eigenvalue weighted by Crippen LogP contribution is 2.23. The van der Waals surface area contributed by atoms with Crippen LogP contribution in [0.15, 0.2) is 42.5 Å². The maximum absolute atomic E-state index is 12.7. The van der Waals surface area contributed by atoms with Crippen LogP contribution < -0.4 is 11.1 Å². The van der Waals surface area contributed by atoms with Crippen LogP contribution in [0.25, 0.3) is 0 Å². The lowest BCUT2D eigenvalue weighted by Crippen LogP contribution is -2.38. The molecular weight excluding hydrogens is 374 g/mol. The molecule has 0 aliphatic heterocycles. The van der Waals surface area contributed by atoms with E-state index in [1.807, 2.05) is 24.9 Å². The van der Waals surface area contributed by atoms with Gasteiger partial charge in [0.2, 0.25) is 0 Å². The second-order valence-electron chi connectivity index (χ2n) is 7.31. The number of benzene rings is 2. The summed E-state index contributed by atoms with van der Waals surface area (Å²) in [5, 5.41) is 2.87. The van der Waals surface area contributed by atoms with Crippen LogP contribution in [0.1, 0.15) is 58.4 Å². The second kappa shape index (κ2) is 9.60. The average molecular weight is 402 g/mol. The second-order valence-corrected chi connectivity index (χ2v) is 7.31. The summed E-state index contributed by atoms with van der Waals surface area (Å²) in [5.74, 6) is -0.176. The minimum absolute atomic E-state index is 0. The quantitative estimate of drug-likeness (QED) is 0.732. The summed E-state index contributed by atoms with van der Waals surface area (Å²) in [6.07, 6.45) is 5.80. The molecule has 1 aliphatic carbocycles. The molecule has 1 saturated carbocycles. The molecule has 150 valence electrons. The van der Waals surface area contributed by atoms with Crippen LogP contribution >= 0.6 is 12.4 Å². The molecule has 1 fully saturated rings. The van der Waals surface area contributed by atoms with Gasteiger partial charge in [-0.25, -0.2) is 0 Å². The Labute approximate surface area is 172 Å². The largest absolute Gasteiger partial charge is 0.399 e. The molecule has 0 aromatic heterocycles. The first kappa shape index (κ1) is 21.8. The third kappa shape index (κ3) is 5.04. The van der Waals surface area contributed by atoms with Crippen LogP contribution in [0, 0.1) is 6.92 Å².